The molecule has 43 heavy (non-hydrogen) atoms. The van der Waals surface area contributed by atoms with Gasteiger partial charge in [0.25, 0.3) is 0 Å². The molecule has 0 saturated heterocycles. The van der Waals surface area contributed by atoms with Gasteiger partial charge in [-0.3, -0.25) is 4.40 Å². The maximum Gasteiger partial charge on any atom is 0.145 e. The fourth-order valence-electron chi connectivity index (χ4n) is 7.25. The van der Waals surface area contributed by atoms with Gasteiger partial charge < -0.3 is 9.13 Å². The summed E-state index contributed by atoms with van der Waals surface area (Å²) in [6.45, 7) is 0. The number of aromatic nitrogens is 4. The summed E-state index contributed by atoms with van der Waals surface area (Å²) in [6.07, 6.45) is 4.01. The number of hydrogen-bond donors (Lipinski definition) is 0. The maximum absolute atomic E-state index is 4.90. The van der Waals surface area contributed by atoms with Crippen molar-refractivity contribution in [1.29, 1.82) is 0 Å². The lowest BCUT2D eigenvalue weighted by molar-refractivity contribution is 1.18. The Balaban J connectivity index is 1.42. The Hall–Kier alpha value is -5.87. The molecule has 0 bridgehead atoms. The van der Waals surface area contributed by atoms with E-state index in [0.29, 0.717) is 0 Å². The Morgan fingerprint density at radius 2 is 0.860 bits per heavy atom. The van der Waals surface area contributed by atoms with E-state index < -0.39 is 0 Å². The molecule has 10 rings (SSSR count). The molecule has 0 spiro atoms. The summed E-state index contributed by atoms with van der Waals surface area (Å²) in [5.41, 5.74) is 9.25. The molecule has 4 aromatic heterocycles. The minimum Gasteiger partial charge on any atom is -0.309 e. The highest BCUT2D eigenvalue weighted by Crippen LogP contribution is 2.41. The van der Waals surface area contributed by atoms with Gasteiger partial charge in [0.15, 0.2) is 0 Å². The molecular weight excluding hydrogens is 524 g/mol. The summed E-state index contributed by atoms with van der Waals surface area (Å²) >= 11 is 0. The quantitative estimate of drug-likeness (QED) is 0.198. The Labute approximate surface area is 246 Å². The Morgan fingerprint density at radius 1 is 0.372 bits per heavy atom. The summed E-state index contributed by atoms with van der Waals surface area (Å²) < 4.78 is 7.03. The smallest absolute Gasteiger partial charge is 0.145 e. The van der Waals surface area contributed by atoms with Crippen LogP contribution >= 0.6 is 0 Å². The van der Waals surface area contributed by atoms with Crippen LogP contribution in [-0.2, 0) is 0 Å². The molecule has 0 fully saturated rings. The number of fused-ring (bicyclic) bond motifs is 12. The Morgan fingerprint density at radius 3 is 1.49 bits per heavy atom. The lowest BCUT2D eigenvalue weighted by Gasteiger charge is -2.12. The third kappa shape index (κ3) is 3.02. The average molecular weight is 549 g/mol. The van der Waals surface area contributed by atoms with Crippen LogP contribution in [0.5, 0.6) is 0 Å². The first kappa shape index (κ1) is 22.8. The third-order valence-corrected chi connectivity index (χ3v) is 9.06. The number of benzene rings is 6. The first-order chi connectivity index (χ1) is 21.3. The summed E-state index contributed by atoms with van der Waals surface area (Å²) in [4.78, 5) is 4.90. The van der Waals surface area contributed by atoms with Gasteiger partial charge in [-0.15, -0.1) is 0 Å². The highest BCUT2D eigenvalue weighted by atomic mass is 15.0. The van der Waals surface area contributed by atoms with E-state index in [1.54, 1.807) is 0 Å². The van der Waals surface area contributed by atoms with Crippen molar-refractivity contribution < 1.29 is 0 Å². The van der Waals surface area contributed by atoms with Crippen LogP contribution in [0.1, 0.15) is 0 Å². The molecule has 0 aliphatic carbocycles. The summed E-state index contributed by atoms with van der Waals surface area (Å²) in [7, 11) is 0. The number of nitrogens with zero attached hydrogens (tertiary/aromatic N) is 4. The second kappa shape index (κ2) is 8.34. The van der Waals surface area contributed by atoms with Crippen LogP contribution in [0.15, 0.2) is 146 Å². The van der Waals surface area contributed by atoms with Crippen LogP contribution in [0.2, 0.25) is 0 Å². The molecule has 4 heterocycles. The minimum absolute atomic E-state index is 0.973. The van der Waals surface area contributed by atoms with Gasteiger partial charge in [0.05, 0.1) is 27.6 Å². The van der Waals surface area contributed by atoms with Crippen molar-refractivity contribution in [2.75, 3.05) is 0 Å². The summed E-state index contributed by atoms with van der Waals surface area (Å²) in [6, 6.07) is 48.3. The van der Waals surface area contributed by atoms with E-state index in [9.17, 15) is 0 Å². The van der Waals surface area contributed by atoms with Crippen LogP contribution in [0.25, 0.3) is 82.3 Å². The second-order valence-corrected chi connectivity index (χ2v) is 11.3. The number of pyridine rings is 1. The van der Waals surface area contributed by atoms with E-state index in [-0.39, 0.29) is 0 Å². The zero-order valence-corrected chi connectivity index (χ0v) is 23.1. The lowest BCUT2D eigenvalue weighted by atomic mass is 10.0. The first-order valence-corrected chi connectivity index (χ1v) is 14.6. The van der Waals surface area contributed by atoms with Crippen LogP contribution in [0.4, 0.5) is 0 Å². The largest absolute Gasteiger partial charge is 0.309 e. The standard InChI is InChI=1S/C39H24N4/c1-3-11-25(12-4-1)42-35-18-10-8-16-28(35)31-22-36-32(23-37(31)42)29-21-30-27-15-7-9-17-34(27)43(26-13-5-2-6-14-26)38(30)24-33(29)39-40-19-20-41(36)39/h1-24H. The number of rotatable bonds is 2. The molecule has 6 aromatic carbocycles. The molecule has 10 aromatic rings. The van der Waals surface area contributed by atoms with E-state index in [2.05, 4.69) is 153 Å². The maximum atomic E-state index is 4.90. The van der Waals surface area contributed by atoms with Gasteiger partial charge in [0, 0.05) is 56.1 Å². The second-order valence-electron chi connectivity index (χ2n) is 11.3. The average Bonchev–Trinajstić information content (AvgIpc) is 3.77. The molecule has 0 radical (unpaired) electrons. The third-order valence-electron chi connectivity index (χ3n) is 9.06. The monoisotopic (exact) mass is 548 g/mol. The highest BCUT2D eigenvalue weighted by Gasteiger charge is 2.19. The van der Waals surface area contributed by atoms with Gasteiger partial charge in [-0.1, -0.05) is 72.8 Å². The van der Waals surface area contributed by atoms with Crippen molar-refractivity contribution in [2.45, 2.75) is 0 Å². The van der Waals surface area contributed by atoms with E-state index in [0.717, 1.165) is 27.9 Å². The Kier molecular flexibility index (Phi) is 4.42. The predicted octanol–water partition coefficient (Wildman–Crippen LogP) is 9.83. The topological polar surface area (TPSA) is 27.2 Å². The molecule has 4 nitrogen and oxygen atoms in total. The van der Waals surface area contributed by atoms with Crippen LogP contribution in [0, 0.1) is 0 Å². The van der Waals surface area contributed by atoms with Crippen molar-refractivity contribution in [2.24, 2.45) is 0 Å². The summed E-state index contributed by atoms with van der Waals surface area (Å²) in [5.74, 6) is 0. The molecule has 0 saturated carbocycles. The first-order valence-electron chi connectivity index (χ1n) is 14.6. The fraction of sp³-hybridized carbons (Fsp3) is 0. The molecule has 0 atom stereocenters. The van der Waals surface area contributed by atoms with Crippen LogP contribution < -0.4 is 0 Å². The zero-order valence-electron chi connectivity index (χ0n) is 23.1. The van der Waals surface area contributed by atoms with Crippen molar-refractivity contribution in [3.63, 3.8) is 0 Å². The number of hydrogen-bond acceptors (Lipinski definition) is 1. The molecule has 0 aliphatic rings. The van der Waals surface area contributed by atoms with Crippen molar-refractivity contribution in [3.05, 3.63) is 146 Å². The lowest BCUT2D eigenvalue weighted by Crippen LogP contribution is -1.96. The fourth-order valence-corrected chi connectivity index (χ4v) is 7.25. The molecule has 0 unspecified atom stereocenters. The normalized spacial score (nSPS) is 12.2. The van der Waals surface area contributed by atoms with Gasteiger partial charge in [-0.25, -0.2) is 4.98 Å². The van der Waals surface area contributed by atoms with E-state index >= 15 is 0 Å². The van der Waals surface area contributed by atoms with E-state index in [1.807, 2.05) is 6.20 Å². The van der Waals surface area contributed by atoms with Gasteiger partial charge >= 0.3 is 0 Å². The van der Waals surface area contributed by atoms with E-state index in [4.69, 9.17) is 4.98 Å². The van der Waals surface area contributed by atoms with Gasteiger partial charge in [-0.05, 0) is 66.0 Å². The molecule has 0 amide bonds. The SMILES string of the molecule is c1ccc(-n2c3ccccc3c3cc4c(cc32)c2cc3c5ccccc5n(-c5ccccc5)c3cc2c2nccn42)cc1. The van der Waals surface area contributed by atoms with Crippen molar-refractivity contribution in [3.8, 4) is 11.4 Å². The summed E-state index contributed by atoms with van der Waals surface area (Å²) in [5, 5.41) is 8.55. The van der Waals surface area contributed by atoms with Gasteiger partial charge in [0.1, 0.15) is 5.65 Å². The molecular formula is C39H24N4. The zero-order chi connectivity index (χ0) is 28.1. The molecule has 0 aliphatic heterocycles. The van der Waals surface area contributed by atoms with E-state index in [1.165, 1.54) is 54.4 Å². The molecule has 200 valence electrons. The minimum atomic E-state index is 0.973. The van der Waals surface area contributed by atoms with Crippen LogP contribution in [-0.4, -0.2) is 18.5 Å². The van der Waals surface area contributed by atoms with Crippen molar-refractivity contribution >= 4 is 70.9 Å². The number of imidazole rings is 1. The number of para-hydroxylation sites is 4. The van der Waals surface area contributed by atoms with Crippen LogP contribution in [0.3, 0.4) is 0 Å². The van der Waals surface area contributed by atoms with Gasteiger partial charge in [0.2, 0.25) is 0 Å². The predicted molar refractivity (Wildman–Crippen MR) is 179 cm³/mol. The highest BCUT2D eigenvalue weighted by molar-refractivity contribution is 6.23. The molecule has 4 heteroatoms. The van der Waals surface area contributed by atoms with Gasteiger partial charge in [-0.2, -0.15) is 0 Å². The van der Waals surface area contributed by atoms with Crippen molar-refractivity contribution in [1.82, 2.24) is 18.5 Å². The Bertz CT molecular complexity index is 2710. The molecule has 0 N–H and O–H groups in total.